The second-order valence-electron chi connectivity index (χ2n) is 5.11. The summed E-state index contributed by atoms with van der Waals surface area (Å²) < 4.78 is 2.16. The summed E-state index contributed by atoms with van der Waals surface area (Å²) in [4.78, 5) is 10.3. The van der Waals surface area contributed by atoms with Gasteiger partial charge in [-0.1, -0.05) is 0 Å². The Hall–Kier alpha value is -1.20. The molecule has 0 amide bonds. The van der Waals surface area contributed by atoms with Gasteiger partial charge in [-0.2, -0.15) is 0 Å². The molecule has 0 radical (unpaired) electrons. The summed E-state index contributed by atoms with van der Waals surface area (Å²) in [6.07, 6.45) is 7.07. The Morgan fingerprint density at radius 2 is 2.33 bits per heavy atom. The van der Waals surface area contributed by atoms with E-state index in [0.717, 1.165) is 30.0 Å². The first-order valence-electron chi connectivity index (χ1n) is 6.44. The van der Waals surface area contributed by atoms with Gasteiger partial charge in [-0.05, 0) is 33.1 Å². The highest BCUT2D eigenvalue weighted by Crippen LogP contribution is 2.37. The maximum atomic E-state index is 6.16. The molecule has 2 aromatic heterocycles. The fourth-order valence-corrected chi connectivity index (χ4v) is 3.61. The maximum Gasteiger partial charge on any atom is 0.142 e. The number of nitrogens with two attached hydrogens (primary N) is 1. The molecule has 2 aromatic rings. The zero-order valence-electron chi connectivity index (χ0n) is 10.8. The minimum absolute atomic E-state index is 0.176. The molecule has 4 nitrogen and oxygen atoms in total. The van der Waals surface area contributed by atoms with Gasteiger partial charge in [-0.25, -0.2) is 9.97 Å². The number of aryl methyl sites for hydroxylation is 1. The average molecular weight is 262 g/mol. The summed E-state index contributed by atoms with van der Waals surface area (Å²) in [5.41, 5.74) is 8.47. The number of hydrogen-bond acceptors (Lipinski definition) is 4. The Kier molecular flexibility index (Phi) is 2.95. The van der Waals surface area contributed by atoms with Crippen LogP contribution in [0.2, 0.25) is 0 Å². The van der Waals surface area contributed by atoms with Gasteiger partial charge in [0.25, 0.3) is 0 Å². The number of aromatic nitrogens is 3. The molecule has 96 valence electrons. The van der Waals surface area contributed by atoms with Gasteiger partial charge >= 0.3 is 0 Å². The molecule has 0 spiro atoms. The van der Waals surface area contributed by atoms with E-state index < -0.39 is 0 Å². The topological polar surface area (TPSA) is 56.7 Å². The lowest BCUT2D eigenvalue weighted by molar-refractivity contribution is 0.573. The molecule has 1 aliphatic rings. The zero-order valence-corrected chi connectivity index (χ0v) is 11.6. The van der Waals surface area contributed by atoms with Gasteiger partial charge in [-0.15, -0.1) is 11.3 Å². The van der Waals surface area contributed by atoms with Crippen molar-refractivity contribution in [2.75, 3.05) is 0 Å². The molecule has 3 rings (SSSR count). The van der Waals surface area contributed by atoms with E-state index in [1.807, 2.05) is 12.5 Å². The van der Waals surface area contributed by atoms with E-state index in [-0.39, 0.29) is 6.04 Å². The second-order valence-corrected chi connectivity index (χ2v) is 6.14. The van der Waals surface area contributed by atoms with Crippen molar-refractivity contribution in [3.8, 4) is 10.7 Å². The van der Waals surface area contributed by atoms with Gasteiger partial charge in [0.2, 0.25) is 0 Å². The van der Waals surface area contributed by atoms with Gasteiger partial charge in [0, 0.05) is 17.0 Å². The number of hydrogen-bond donors (Lipinski definition) is 1. The normalized spacial score (nSPS) is 19.2. The molecule has 2 N–H and O–H groups in total. The van der Waals surface area contributed by atoms with E-state index in [9.17, 15) is 0 Å². The monoisotopic (exact) mass is 262 g/mol. The quantitative estimate of drug-likeness (QED) is 0.905. The zero-order chi connectivity index (χ0) is 12.7. The van der Waals surface area contributed by atoms with Crippen molar-refractivity contribution < 1.29 is 0 Å². The van der Waals surface area contributed by atoms with Crippen LogP contribution in [0.15, 0.2) is 12.5 Å². The van der Waals surface area contributed by atoms with Crippen LogP contribution in [0.5, 0.6) is 0 Å². The average Bonchev–Trinajstić information content (AvgIpc) is 2.95. The third-order valence-corrected chi connectivity index (χ3v) is 4.69. The largest absolute Gasteiger partial charge is 0.326 e. The third-order valence-electron chi connectivity index (χ3n) is 3.43. The first kappa shape index (κ1) is 11.9. The molecule has 18 heavy (non-hydrogen) atoms. The predicted molar refractivity (Wildman–Crippen MR) is 73.6 cm³/mol. The molecule has 0 bridgehead atoms. The molecule has 2 heterocycles. The van der Waals surface area contributed by atoms with Crippen molar-refractivity contribution in [1.82, 2.24) is 14.5 Å². The Labute approximate surface area is 111 Å². The molecule has 0 saturated heterocycles. The lowest BCUT2D eigenvalue weighted by atomic mass is 9.99. The Balaban J connectivity index is 2.05. The molecule has 5 heteroatoms. The van der Waals surface area contributed by atoms with Gasteiger partial charge in [0.1, 0.15) is 5.01 Å². The molecule has 0 fully saturated rings. The van der Waals surface area contributed by atoms with Crippen LogP contribution in [0.3, 0.4) is 0 Å². The molecule has 1 atom stereocenters. The minimum atomic E-state index is 0.176. The molecular formula is C13H18N4S. The lowest BCUT2D eigenvalue weighted by Crippen LogP contribution is -2.15. The Morgan fingerprint density at radius 3 is 3.06 bits per heavy atom. The van der Waals surface area contributed by atoms with Crippen molar-refractivity contribution in [2.24, 2.45) is 5.73 Å². The van der Waals surface area contributed by atoms with Crippen LogP contribution in [0.4, 0.5) is 0 Å². The van der Waals surface area contributed by atoms with Crippen LogP contribution in [-0.4, -0.2) is 14.5 Å². The highest BCUT2D eigenvalue weighted by Gasteiger charge is 2.23. The SMILES string of the molecule is CC(C)n1cncc1-c1nc2c(s1)C(N)CCC2. The lowest BCUT2D eigenvalue weighted by Gasteiger charge is -2.15. The van der Waals surface area contributed by atoms with E-state index >= 15 is 0 Å². The number of imidazole rings is 1. The summed E-state index contributed by atoms with van der Waals surface area (Å²) in [6, 6.07) is 0.576. The van der Waals surface area contributed by atoms with Crippen LogP contribution in [-0.2, 0) is 6.42 Å². The summed E-state index contributed by atoms with van der Waals surface area (Å²) in [5.74, 6) is 0. The summed E-state index contributed by atoms with van der Waals surface area (Å²) in [6.45, 7) is 4.31. The highest BCUT2D eigenvalue weighted by atomic mass is 32.1. The smallest absolute Gasteiger partial charge is 0.142 e. The number of fused-ring (bicyclic) bond motifs is 1. The number of thiazole rings is 1. The Morgan fingerprint density at radius 1 is 1.50 bits per heavy atom. The molecule has 0 aromatic carbocycles. The van der Waals surface area contributed by atoms with E-state index in [2.05, 4.69) is 23.4 Å². The van der Waals surface area contributed by atoms with Crippen molar-refractivity contribution >= 4 is 11.3 Å². The van der Waals surface area contributed by atoms with Crippen LogP contribution in [0.1, 0.15) is 49.3 Å². The van der Waals surface area contributed by atoms with Crippen molar-refractivity contribution in [3.63, 3.8) is 0 Å². The van der Waals surface area contributed by atoms with Crippen molar-refractivity contribution in [2.45, 2.75) is 45.2 Å². The molecule has 1 aliphatic carbocycles. The molecule has 0 saturated carbocycles. The van der Waals surface area contributed by atoms with Gasteiger partial charge < -0.3 is 10.3 Å². The fraction of sp³-hybridized carbons (Fsp3) is 0.538. The van der Waals surface area contributed by atoms with E-state index in [4.69, 9.17) is 10.7 Å². The third kappa shape index (κ3) is 1.87. The fourth-order valence-electron chi connectivity index (χ4n) is 2.44. The number of nitrogens with zero attached hydrogens (tertiary/aromatic N) is 3. The van der Waals surface area contributed by atoms with Crippen LogP contribution in [0, 0.1) is 0 Å². The minimum Gasteiger partial charge on any atom is -0.326 e. The van der Waals surface area contributed by atoms with E-state index in [1.54, 1.807) is 11.3 Å². The van der Waals surface area contributed by atoms with Crippen molar-refractivity contribution in [1.29, 1.82) is 0 Å². The first-order valence-corrected chi connectivity index (χ1v) is 7.26. The highest BCUT2D eigenvalue weighted by molar-refractivity contribution is 7.15. The number of rotatable bonds is 2. The molecule has 1 unspecified atom stereocenters. The van der Waals surface area contributed by atoms with Crippen LogP contribution < -0.4 is 5.73 Å². The van der Waals surface area contributed by atoms with E-state index in [1.165, 1.54) is 10.6 Å². The maximum absolute atomic E-state index is 6.16. The summed E-state index contributed by atoms with van der Waals surface area (Å²) in [5, 5.41) is 1.06. The van der Waals surface area contributed by atoms with Gasteiger partial charge in [-0.3, -0.25) is 0 Å². The predicted octanol–water partition coefficient (Wildman–Crippen LogP) is 2.92. The van der Waals surface area contributed by atoms with Crippen molar-refractivity contribution in [3.05, 3.63) is 23.1 Å². The van der Waals surface area contributed by atoms with Crippen LogP contribution in [0.25, 0.3) is 10.7 Å². The Bertz CT molecular complexity index is 555. The van der Waals surface area contributed by atoms with Crippen LogP contribution >= 0.6 is 11.3 Å². The summed E-state index contributed by atoms with van der Waals surface area (Å²) in [7, 11) is 0. The second kappa shape index (κ2) is 4.48. The van der Waals surface area contributed by atoms with E-state index in [0.29, 0.717) is 6.04 Å². The standard InChI is InChI=1S/C13H18N4S/c1-8(2)17-7-15-6-11(17)13-16-10-5-3-4-9(14)12(10)18-13/h6-9H,3-5,14H2,1-2H3. The van der Waals surface area contributed by atoms with Gasteiger partial charge in [0.15, 0.2) is 0 Å². The first-order chi connectivity index (χ1) is 8.66. The molecule has 0 aliphatic heterocycles. The summed E-state index contributed by atoms with van der Waals surface area (Å²) >= 11 is 1.74. The van der Waals surface area contributed by atoms with Gasteiger partial charge in [0.05, 0.1) is 23.9 Å². The molecular weight excluding hydrogens is 244 g/mol.